The molecular formula is C17H29N3O4. The smallest absolute Gasteiger partial charge is 0.407 e. The van der Waals surface area contributed by atoms with Crippen LogP contribution in [0.5, 0.6) is 0 Å². The van der Waals surface area contributed by atoms with Crippen molar-refractivity contribution in [2.24, 2.45) is 5.92 Å². The first-order chi connectivity index (χ1) is 11.2. The Morgan fingerprint density at radius 1 is 1.04 bits per heavy atom. The van der Waals surface area contributed by atoms with Gasteiger partial charge in [0, 0.05) is 32.1 Å². The van der Waals surface area contributed by atoms with Crippen molar-refractivity contribution in [3.63, 3.8) is 0 Å². The van der Waals surface area contributed by atoms with Crippen LogP contribution in [0.1, 0.15) is 47.0 Å². The molecule has 0 atom stereocenters. The highest BCUT2D eigenvalue weighted by atomic mass is 16.6. The maximum absolute atomic E-state index is 11.6. The van der Waals surface area contributed by atoms with Gasteiger partial charge in [0.2, 0.25) is 11.8 Å². The molecule has 1 rings (SSSR count). The SMILES string of the molecule is C/C(=C\C(=O)NCCNC(=O)CCNC(=O)OC(C)(C)C)C1CC1. The van der Waals surface area contributed by atoms with Gasteiger partial charge in [-0.15, -0.1) is 0 Å². The van der Waals surface area contributed by atoms with E-state index in [2.05, 4.69) is 16.0 Å². The van der Waals surface area contributed by atoms with Crippen LogP contribution in [0.25, 0.3) is 0 Å². The standard InChI is InChI=1S/C17H29N3O4/c1-12(13-5-6-13)11-15(22)19-10-9-18-14(21)7-8-20-16(23)24-17(2,3)4/h11,13H,5-10H2,1-4H3,(H,18,21)(H,19,22)(H,20,23)/b12-11+. The second-order valence-electron chi connectivity index (χ2n) is 6.98. The summed E-state index contributed by atoms with van der Waals surface area (Å²) in [6.07, 6.45) is 3.59. The van der Waals surface area contributed by atoms with Gasteiger partial charge in [-0.2, -0.15) is 0 Å². The van der Waals surface area contributed by atoms with Crippen LogP contribution >= 0.6 is 0 Å². The first-order valence-electron chi connectivity index (χ1n) is 8.37. The van der Waals surface area contributed by atoms with Gasteiger partial charge in [-0.05, 0) is 46.5 Å². The number of carbonyl (C=O) groups is 3. The normalized spacial score (nSPS) is 14.8. The first-order valence-corrected chi connectivity index (χ1v) is 8.37. The summed E-state index contributed by atoms with van der Waals surface area (Å²) in [5, 5.41) is 7.93. The van der Waals surface area contributed by atoms with Crippen LogP contribution in [0, 0.1) is 5.92 Å². The lowest BCUT2D eigenvalue weighted by molar-refractivity contribution is -0.121. The van der Waals surface area contributed by atoms with E-state index in [0.717, 1.165) is 5.57 Å². The minimum atomic E-state index is -0.559. The number of hydrogen-bond donors (Lipinski definition) is 3. The second-order valence-corrected chi connectivity index (χ2v) is 6.98. The average molecular weight is 339 g/mol. The molecule has 0 unspecified atom stereocenters. The largest absolute Gasteiger partial charge is 0.444 e. The fourth-order valence-corrected chi connectivity index (χ4v) is 1.98. The number of nitrogens with one attached hydrogen (secondary N) is 3. The average Bonchev–Trinajstić information content (AvgIpc) is 3.26. The van der Waals surface area contributed by atoms with Crippen LogP contribution in [0.4, 0.5) is 4.79 Å². The summed E-state index contributed by atoms with van der Waals surface area (Å²) in [5.41, 5.74) is 0.557. The quantitative estimate of drug-likeness (QED) is 0.461. The van der Waals surface area contributed by atoms with Crippen LogP contribution in [0.3, 0.4) is 0 Å². The van der Waals surface area contributed by atoms with E-state index < -0.39 is 11.7 Å². The Labute approximate surface area is 143 Å². The van der Waals surface area contributed by atoms with Gasteiger partial charge in [-0.25, -0.2) is 4.79 Å². The zero-order valence-corrected chi connectivity index (χ0v) is 15.0. The number of hydrogen-bond acceptors (Lipinski definition) is 4. The number of alkyl carbamates (subject to hydrolysis) is 1. The number of allylic oxidation sites excluding steroid dienone is 1. The highest BCUT2D eigenvalue weighted by molar-refractivity contribution is 5.88. The van der Waals surface area contributed by atoms with Crippen molar-refractivity contribution in [2.45, 2.75) is 52.6 Å². The lowest BCUT2D eigenvalue weighted by Gasteiger charge is -2.19. The molecule has 0 radical (unpaired) electrons. The molecule has 3 amide bonds. The topological polar surface area (TPSA) is 96.5 Å². The maximum atomic E-state index is 11.6. The minimum Gasteiger partial charge on any atom is -0.444 e. The predicted octanol–water partition coefficient (Wildman–Crippen LogP) is 1.49. The zero-order chi connectivity index (χ0) is 18.2. The molecule has 0 aliphatic heterocycles. The maximum Gasteiger partial charge on any atom is 0.407 e. The first kappa shape index (κ1) is 20.0. The van der Waals surface area contributed by atoms with E-state index in [9.17, 15) is 14.4 Å². The molecular weight excluding hydrogens is 310 g/mol. The Hall–Kier alpha value is -2.05. The Morgan fingerprint density at radius 2 is 1.67 bits per heavy atom. The van der Waals surface area contributed by atoms with Gasteiger partial charge in [0.15, 0.2) is 0 Å². The van der Waals surface area contributed by atoms with Gasteiger partial charge in [0.1, 0.15) is 5.60 Å². The highest BCUT2D eigenvalue weighted by Crippen LogP contribution is 2.35. The zero-order valence-electron chi connectivity index (χ0n) is 15.0. The Balaban J connectivity index is 2.04. The molecule has 0 aromatic carbocycles. The van der Waals surface area contributed by atoms with Gasteiger partial charge in [-0.1, -0.05) is 5.57 Å². The Bertz CT molecular complexity index is 491. The summed E-state index contributed by atoms with van der Waals surface area (Å²) < 4.78 is 5.06. The van der Waals surface area contributed by atoms with E-state index in [1.54, 1.807) is 26.8 Å². The molecule has 1 aliphatic carbocycles. The molecule has 7 nitrogen and oxygen atoms in total. The third-order valence-corrected chi connectivity index (χ3v) is 3.35. The van der Waals surface area contributed by atoms with Crippen LogP contribution in [-0.4, -0.2) is 43.1 Å². The number of ether oxygens (including phenoxy) is 1. The summed E-state index contributed by atoms with van der Waals surface area (Å²) in [7, 11) is 0. The molecule has 0 aromatic rings. The number of amides is 3. The molecule has 3 N–H and O–H groups in total. The Kier molecular flexibility index (Phi) is 7.74. The van der Waals surface area contributed by atoms with Crippen LogP contribution in [-0.2, 0) is 14.3 Å². The van der Waals surface area contributed by atoms with Crippen molar-refractivity contribution in [3.8, 4) is 0 Å². The van der Waals surface area contributed by atoms with Gasteiger partial charge in [0.25, 0.3) is 0 Å². The number of rotatable bonds is 8. The van der Waals surface area contributed by atoms with E-state index >= 15 is 0 Å². The third-order valence-electron chi connectivity index (χ3n) is 3.35. The van der Waals surface area contributed by atoms with Crippen molar-refractivity contribution in [3.05, 3.63) is 11.6 Å². The Morgan fingerprint density at radius 3 is 2.25 bits per heavy atom. The summed E-state index contributed by atoms with van der Waals surface area (Å²) in [6, 6.07) is 0. The number of carbonyl (C=O) groups excluding carboxylic acids is 3. The lowest BCUT2D eigenvalue weighted by atomic mass is 10.2. The van der Waals surface area contributed by atoms with E-state index in [-0.39, 0.29) is 24.8 Å². The van der Waals surface area contributed by atoms with E-state index in [0.29, 0.717) is 19.0 Å². The molecule has 0 saturated heterocycles. The molecule has 7 heteroatoms. The summed E-state index contributed by atoms with van der Waals surface area (Å²) >= 11 is 0. The molecule has 1 fully saturated rings. The van der Waals surface area contributed by atoms with Crippen LogP contribution < -0.4 is 16.0 Å². The molecule has 0 aromatic heterocycles. The van der Waals surface area contributed by atoms with Crippen molar-refractivity contribution >= 4 is 17.9 Å². The van der Waals surface area contributed by atoms with Gasteiger partial charge >= 0.3 is 6.09 Å². The summed E-state index contributed by atoms with van der Waals surface area (Å²) in [5.74, 6) is 0.262. The van der Waals surface area contributed by atoms with E-state index in [1.807, 2.05) is 6.92 Å². The minimum absolute atomic E-state index is 0.125. The van der Waals surface area contributed by atoms with Gasteiger partial charge < -0.3 is 20.7 Å². The molecule has 0 bridgehead atoms. The van der Waals surface area contributed by atoms with Crippen molar-refractivity contribution in [1.29, 1.82) is 0 Å². The molecule has 0 heterocycles. The summed E-state index contributed by atoms with van der Waals surface area (Å²) in [6.45, 7) is 8.22. The monoisotopic (exact) mass is 339 g/mol. The molecule has 1 aliphatic rings. The van der Waals surface area contributed by atoms with Crippen molar-refractivity contribution in [1.82, 2.24) is 16.0 Å². The molecule has 1 saturated carbocycles. The predicted molar refractivity (Wildman–Crippen MR) is 91.4 cm³/mol. The van der Waals surface area contributed by atoms with Gasteiger partial charge in [-0.3, -0.25) is 9.59 Å². The highest BCUT2D eigenvalue weighted by Gasteiger charge is 2.23. The van der Waals surface area contributed by atoms with Crippen LogP contribution in [0.2, 0.25) is 0 Å². The second kappa shape index (κ2) is 9.30. The lowest BCUT2D eigenvalue weighted by Crippen LogP contribution is -2.37. The van der Waals surface area contributed by atoms with E-state index in [1.165, 1.54) is 12.8 Å². The molecule has 136 valence electrons. The van der Waals surface area contributed by atoms with E-state index in [4.69, 9.17) is 4.74 Å². The fraction of sp³-hybridized carbons (Fsp3) is 0.706. The fourth-order valence-electron chi connectivity index (χ4n) is 1.98. The third kappa shape index (κ3) is 9.86. The van der Waals surface area contributed by atoms with Crippen molar-refractivity contribution < 1.29 is 19.1 Å². The molecule has 24 heavy (non-hydrogen) atoms. The van der Waals surface area contributed by atoms with Crippen LogP contribution in [0.15, 0.2) is 11.6 Å². The van der Waals surface area contributed by atoms with Gasteiger partial charge in [0.05, 0.1) is 0 Å². The van der Waals surface area contributed by atoms with Crippen molar-refractivity contribution in [2.75, 3.05) is 19.6 Å². The summed E-state index contributed by atoms with van der Waals surface area (Å²) in [4.78, 5) is 34.6. The molecule has 0 spiro atoms.